The van der Waals surface area contributed by atoms with Crippen LogP contribution in [-0.2, 0) is 6.42 Å². The van der Waals surface area contributed by atoms with Crippen molar-refractivity contribution in [1.82, 2.24) is 0 Å². The molecule has 1 fully saturated rings. The van der Waals surface area contributed by atoms with Crippen molar-refractivity contribution < 1.29 is 5.11 Å². The molecule has 1 unspecified atom stereocenters. The molecular formula is C15H21IO. The molecule has 1 atom stereocenters. The van der Waals surface area contributed by atoms with E-state index in [0.717, 1.165) is 12.8 Å². The Labute approximate surface area is 118 Å². The molecule has 1 aromatic carbocycles. The Balaban J connectivity index is 1.83. The highest BCUT2D eigenvalue weighted by molar-refractivity contribution is 14.1. The van der Waals surface area contributed by atoms with Crippen LogP contribution >= 0.6 is 22.6 Å². The molecule has 1 saturated carbocycles. The monoisotopic (exact) mass is 344 g/mol. The molecule has 0 radical (unpaired) electrons. The summed E-state index contributed by atoms with van der Waals surface area (Å²) in [4.78, 5) is 0. The molecule has 1 nitrogen and oxygen atoms in total. The number of benzene rings is 1. The van der Waals surface area contributed by atoms with E-state index in [4.69, 9.17) is 0 Å². The highest BCUT2D eigenvalue weighted by Crippen LogP contribution is 2.28. The third kappa shape index (κ3) is 3.95. The van der Waals surface area contributed by atoms with Crippen molar-refractivity contribution in [3.05, 3.63) is 33.4 Å². The molecule has 0 bridgehead atoms. The summed E-state index contributed by atoms with van der Waals surface area (Å²) in [5.74, 6) is 0.560. The largest absolute Gasteiger partial charge is 0.393 e. The number of aliphatic hydroxyl groups is 1. The van der Waals surface area contributed by atoms with E-state index in [1.165, 1.54) is 41.2 Å². The van der Waals surface area contributed by atoms with Crippen molar-refractivity contribution in [2.24, 2.45) is 5.92 Å². The van der Waals surface area contributed by atoms with Gasteiger partial charge in [0, 0.05) is 3.57 Å². The first-order valence-corrected chi connectivity index (χ1v) is 7.76. The summed E-state index contributed by atoms with van der Waals surface area (Å²) in [6.45, 7) is 0. The molecular weight excluding hydrogens is 323 g/mol. The van der Waals surface area contributed by atoms with Crippen molar-refractivity contribution in [2.75, 3.05) is 0 Å². The van der Waals surface area contributed by atoms with Gasteiger partial charge in [0.25, 0.3) is 0 Å². The summed E-state index contributed by atoms with van der Waals surface area (Å²) in [5.41, 5.74) is 1.38. The minimum atomic E-state index is -0.0914. The molecule has 17 heavy (non-hydrogen) atoms. The van der Waals surface area contributed by atoms with E-state index in [-0.39, 0.29) is 6.10 Å². The number of rotatable bonds is 4. The molecule has 2 rings (SSSR count). The van der Waals surface area contributed by atoms with E-state index in [1.54, 1.807) is 0 Å². The Bertz CT molecular complexity index is 345. The molecule has 0 amide bonds. The predicted molar refractivity (Wildman–Crippen MR) is 80.1 cm³/mol. The Hall–Kier alpha value is -0.0900. The molecule has 94 valence electrons. The molecule has 0 saturated heterocycles. The maximum Gasteiger partial charge on any atom is 0.0571 e. The van der Waals surface area contributed by atoms with Gasteiger partial charge in [0.1, 0.15) is 0 Å². The number of aryl methyl sites for hydroxylation is 1. The fraction of sp³-hybridized carbons (Fsp3) is 0.600. The van der Waals surface area contributed by atoms with Crippen molar-refractivity contribution in [2.45, 2.75) is 51.0 Å². The molecule has 1 aliphatic carbocycles. The topological polar surface area (TPSA) is 20.2 Å². The van der Waals surface area contributed by atoms with E-state index in [9.17, 15) is 5.11 Å². The molecule has 0 aromatic heterocycles. The summed E-state index contributed by atoms with van der Waals surface area (Å²) in [5, 5.41) is 10.2. The van der Waals surface area contributed by atoms with E-state index < -0.39 is 0 Å². The summed E-state index contributed by atoms with van der Waals surface area (Å²) < 4.78 is 1.32. The summed E-state index contributed by atoms with van der Waals surface area (Å²) in [6.07, 6.45) is 8.28. The van der Waals surface area contributed by atoms with Crippen LogP contribution in [0.1, 0.15) is 44.1 Å². The van der Waals surface area contributed by atoms with Gasteiger partial charge in [-0.1, -0.05) is 37.5 Å². The predicted octanol–water partition coefficient (Wildman–Crippen LogP) is 4.17. The van der Waals surface area contributed by atoms with E-state index in [0.29, 0.717) is 5.92 Å². The number of hydrogen-bond acceptors (Lipinski definition) is 1. The molecule has 1 aliphatic rings. The second kappa shape index (κ2) is 6.74. The van der Waals surface area contributed by atoms with E-state index >= 15 is 0 Å². The summed E-state index contributed by atoms with van der Waals surface area (Å²) >= 11 is 2.38. The number of hydrogen-bond donors (Lipinski definition) is 1. The Morgan fingerprint density at radius 2 is 1.88 bits per heavy atom. The highest BCUT2D eigenvalue weighted by atomic mass is 127. The third-order valence-corrected chi connectivity index (χ3v) is 4.91. The third-order valence-electron chi connectivity index (χ3n) is 3.86. The summed E-state index contributed by atoms with van der Waals surface area (Å²) in [7, 11) is 0. The fourth-order valence-corrected chi connectivity index (χ4v) is 3.42. The maximum absolute atomic E-state index is 10.2. The van der Waals surface area contributed by atoms with Crippen LogP contribution in [-0.4, -0.2) is 11.2 Å². The zero-order valence-corrected chi connectivity index (χ0v) is 12.4. The van der Waals surface area contributed by atoms with Crippen LogP contribution < -0.4 is 0 Å². The lowest BCUT2D eigenvalue weighted by atomic mass is 9.83. The van der Waals surface area contributed by atoms with Gasteiger partial charge in [0.05, 0.1) is 6.10 Å². The zero-order chi connectivity index (χ0) is 12.1. The van der Waals surface area contributed by atoms with Gasteiger partial charge in [0.15, 0.2) is 0 Å². The Morgan fingerprint density at radius 3 is 2.59 bits per heavy atom. The minimum Gasteiger partial charge on any atom is -0.393 e. The van der Waals surface area contributed by atoms with Gasteiger partial charge >= 0.3 is 0 Å². The fourth-order valence-electron chi connectivity index (χ4n) is 2.76. The van der Waals surface area contributed by atoms with Crippen LogP contribution in [0.2, 0.25) is 0 Å². The average molecular weight is 344 g/mol. The maximum atomic E-state index is 10.2. The number of halogens is 1. The minimum absolute atomic E-state index is 0.0914. The molecule has 0 spiro atoms. The lowest BCUT2D eigenvalue weighted by molar-refractivity contribution is 0.0775. The lowest BCUT2D eigenvalue weighted by Crippen LogP contribution is -2.23. The van der Waals surface area contributed by atoms with Crippen LogP contribution in [0.25, 0.3) is 0 Å². The highest BCUT2D eigenvalue weighted by Gasteiger charge is 2.21. The molecule has 0 aliphatic heterocycles. The van der Waals surface area contributed by atoms with E-state index in [1.807, 2.05) is 0 Å². The Morgan fingerprint density at radius 1 is 1.18 bits per heavy atom. The second-order valence-corrected chi connectivity index (χ2v) is 6.26. The van der Waals surface area contributed by atoms with E-state index in [2.05, 4.69) is 46.9 Å². The second-order valence-electron chi connectivity index (χ2n) is 5.10. The first-order chi connectivity index (χ1) is 8.27. The Kier molecular flexibility index (Phi) is 5.29. The number of aliphatic hydroxyl groups excluding tert-OH is 1. The quantitative estimate of drug-likeness (QED) is 0.813. The zero-order valence-electron chi connectivity index (χ0n) is 10.2. The van der Waals surface area contributed by atoms with Crippen molar-refractivity contribution in [3.8, 4) is 0 Å². The van der Waals surface area contributed by atoms with Gasteiger partial charge in [0.2, 0.25) is 0 Å². The first-order valence-electron chi connectivity index (χ1n) is 6.69. The molecule has 0 heterocycles. The van der Waals surface area contributed by atoms with Crippen molar-refractivity contribution in [3.63, 3.8) is 0 Å². The molecule has 2 heteroatoms. The van der Waals surface area contributed by atoms with Gasteiger partial charge in [-0.25, -0.2) is 0 Å². The van der Waals surface area contributed by atoms with Crippen LogP contribution in [0.4, 0.5) is 0 Å². The van der Waals surface area contributed by atoms with Crippen LogP contribution in [0, 0.1) is 9.49 Å². The van der Waals surface area contributed by atoms with Crippen LogP contribution in [0.15, 0.2) is 24.3 Å². The lowest BCUT2D eigenvalue weighted by Gasteiger charge is -2.26. The molecule has 1 N–H and O–H groups in total. The smallest absolute Gasteiger partial charge is 0.0571 e. The SMILES string of the molecule is OC(CCc1ccccc1I)C1CCCCC1. The molecule has 1 aromatic rings. The van der Waals surface area contributed by atoms with Crippen molar-refractivity contribution in [1.29, 1.82) is 0 Å². The normalized spacial score (nSPS) is 19.2. The average Bonchev–Trinajstić information content (AvgIpc) is 2.38. The first kappa shape index (κ1) is 13.3. The van der Waals surface area contributed by atoms with Gasteiger partial charge in [-0.3, -0.25) is 0 Å². The van der Waals surface area contributed by atoms with Crippen LogP contribution in [0.3, 0.4) is 0 Å². The van der Waals surface area contributed by atoms with Crippen molar-refractivity contribution >= 4 is 22.6 Å². The van der Waals surface area contributed by atoms with Crippen LogP contribution in [0.5, 0.6) is 0 Å². The van der Waals surface area contributed by atoms with Gasteiger partial charge in [-0.15, -0.1) is 0 Å². The summed E-state index contributed by atoms with van der Waals surface area (Å²) in [6, 6.07) is 8.48. The standard InChI is InChI=1S/C15H21IO/c16-14-9-5-4-6-12(14)10-11-15(17)13-7-2-1-3-8-13/h4-6,9,13,15,17H,1-3,7-8,10-11H2. The van der Waals surface area contributed by atoms with Gasteiger partial charge < -0.3 is 5.11 Å². The van der Waals surface area contributed by atoms with Gasteiger partial charge in [-0.05, 0) is 65.8 Å². The van der Waals surface area contributed by atoms with Gasteiger partial charge in [-0.2, -0.15) is 0 Å².